The summed E-state index contributed by atoms with van der Waals surface area (Å²) >= 11 is 0. The highest BCUT2D eigenvalue weighted by Crippen LogP contribution is 2.10. The zero-order chi connectivity index (χ0) is 17.5. The van der Waals surface area contributed by atoms with Crippen LogP contribution in [0.15, 0.2) is 55.3 Å². The van der Waals surface area contributed by atoms with Crippen LogP contribution in [-0.4, -0.2) is 12.6 Å². The van der Waals surface area contributed by atoms with E-state index in [1.807, 2.05) is 36.4 Å². The zero-order valence-electron chi connectivity index (χ0n) is 14.7. The molecule has 0 aliphatic rings. The van der Waals surface area contributed by atoms with Crippen molar-refractivity contribution in [2.45, 2.75) is 58.0 Å². The third-order valence-corrected chi connectivity index (χ3v) is 3.77. The third-order valence-electron chi connectivity index (χ3n) is 3.77. The number of ether oxygens (including phenoxy) is 2. The molecule has 1 aromatic rings. The summed E-state index contributed by atoms with van der Waals surface area (Å²) in [6.45, 7) is 8.13. The van der Waals surface area contributed by atoms with Crippen LogP contribution in [0.5, 0.6) is 0 Å². The molecule has 1 aromatic carbocycles. The van der Waals surface area contributed by atoms with Crippen molar-refractivity contribution in [3.8, 4) is 0 Å². The molecule has 3 heteroatoms. The maximum atomic E-state index is 11.8. The van der Waals surface area contributed by atoms with Gasteiger partial charge in [-0.15, -0.1) is 6.58 Å². The minimum Gasteiger partial charge on any atom is -0.487 e. The standard InChI is InChI=1S/C21H30O3/c1-3-4-5-6-7-8-9-10-14-17-23-19(2)21(22)24-18-20-15-12-11-13-16-20/h3,11-13,15-16H,1-2,4-10,14,17-18H2. The van der Waals surface area contributed by atoms with Gasteiger partial charge in [0.25, 0.3) is 0 Å². The number of esters is 1. The van der Waals surface area contributed by atoms with Crippen LogP contribution in [0.25, 0.3) is 0 Å². The Balaban J connectivity index is 1.97. The predicted molar refractivity (Wildman–Crippen MR) is 98.5 cm³/mol. The van der Waals surface area contributed by atoms with E-state index in [-0.39, 0.29) is 12.4 Å². The van der Waals surface area contributed by atoms with E-state index in [9.17, 15) is 4.79 Å². The van der Waals surface area contributed by atoms with Crippen molar-refractivity contribution in [1.29, 1.82) is 0 Å². The molecule has 0 radical (unpaired) electrons. The highest BCUT2D eigenvalue weighted by molar-refractivity contribution is 5.85. The monoisotopic (exact) mass is 330 g/mol. The number of carbonyl (C=O) groups is 1. The summed E-state index contributed by atoms with van der Waals surface area (Å²) in [6, 6.07) is 9.57. The van der Waals surface area contributed by atoms with Crippen molar-refractivity contribution < 1.29 is 14.3 Å². The zero-order valence-corrected chi connectivity index (χ0v) is 14.7. The van der Waals surface area contributed by atoms with Gasteiger partial charge >= 0.3 is 5.97 Å². The first-order valence-electron chi connectivity index (χ1n) is 8.87. The molecule has 3 nitrogen and oxygen atoms in total. The average Bonchev–Trinajstić information content (AvgIpc) is 2.62. The van der Waals surface area contributed by atoms with Gasteiger partial charge in [-0.2, -0.15) is 0 Å². The predicted octanol–water partition coefficient (Wildman–Crippen LogP) is 5.57. The van der Waals surface area contributed by atoms with Crippen LogP contribution in [0, 0.1) is 0 Å². The van der Waals surface area contributed by atoms with E-state index in [1.165, 1.54) is 32.1 Å². The molecule has 0 spiro atoms. The van der Waals surface area contributed by atoms with Crippen LogP contribution in [0.2, 0.25) is 0 Å². The van der Waals surface area contributed by atoms with Gasteiger partial charge in [-0.3, -0.25) is 0 Å². The Morgan fingerprint density at radius 3 is 2.21 bits per heavy atom. The fourth-order valence-electron chi connectivity index (χ4n) is 2.33. The Labute approximate surface area is 146 Å². The van der Waals surface area contributed by atoms with E-state index in [4.69, 9.17) is 9.47 Å². The largest absolute Gasteiger partial charge is 0.487 e. The van der Waals surface area contributed by atoms with Crippen LogP contribution < -0.4 is 0 Å². The van der Waals surface area contributed by atoms with E-state index in [1.54, 1.807) is 0 Å². The highest BCUT2D eigenvalue weighted by Gasteiger charge is 2.09. The van der Waals surface area contributed by atoms with Gasteiger partial charge in [-0.1, -0.05) is 68.5 Å². The molecule has 0 amide bonds. The van der Waals surface area contributed by atoms with Crippen LogP contribution in [0.3, 0.4) is 0 Å². The van der Waals surface area contributed by atoms with Gasteiger partial charge in [0.1, 0.15) is 6.61 Å². The minimum atomic E-state index is -0.485. The molecule has 0 aliphatic heterocycles. The van der Waals surface area contributed by atoms with Crippen molar-refractivity contribution >= 4 is 5.97 Å². The summed E-state index contributed by atoms with van der Waals surface area (Å²) in [7, 11) is 0. The number of hydrogen-bond acceptors (Lipinski definition) is 3. The number of carbonyl (C=O) groups excluding carboxylic acids is 1. The first-order valence-corrected chi connectivity index (χ1v) is 8.87. The molecule has 0 fully saturated rings. The summed E-state index contributed by atoms with van der Waals surface area (Å²) in [5.41, 5.74) is 0.951. The molecule has 0 aromatic heterocycles. The second kappa shape index (κ2) is 13.4. The maximum Gasteiger partial charge on any atom is 0.373 e. The van der Waals surface area contributed by atoms with Crippen LogP contribution in [0.1, 0.15) is 56.9 Å². The van der Waals surface area contributed by atoms with Crippen LogP contribution in [0.4, 0.5) is 0 Å². The smallest absolute Gasteiger partial charge is 0.373 e. The van der Waals surface area contributed by atoms with Crippen molar-refractivity contribution in [1.82, 2.24) is 0 Å². The summed E-state index contributed by atoms with van der Waals surface area (Å²) < 4.78 is 10.5. The van der Waals surface area contributed by atoms with Gasteiger partial charge in [0, 0.05) is 0 Å². The first-order chi connectivity index (χ1) is 11.7. The van der Waals surface area contributed by atoms with E-state index in [0.717, 1.165) is 24.8 Å². The minimum absolute atomic E-state index is 0.0929. The van der Waals surface area contributed by atoms with Gasteiger partial charge < -0.3 is 9.47 Å². The number of rotatable bonds is 14. The molecule has 0 heterocycles. The molecule has 24 heavy (non-hydrogen) atoms. The molecule has 0 atom stereocenters. The Kier molecular flexibility index (Phi) is 11.2. The van der Waals surface area contributed by atoms with E-state index < -0.39 is 5.97 Å². The normalized spacial score (nSPS) is 10.2. The molecule has 1 rings (SSSR count). The molecule has 132 valence electrons. The molecular formula is C21H30O3. The van der Waals surface area contributed by atoms with Gasteiger partial charge in [0.2, 0.25) is 0 Å². The van der Waals surface area contributed by atoms with E-state index in [0.29, 0.717) is 6.61 Å². The number of benzene rings is 1. The second-order valence-corrected chi connectivity index (χ2v) is 5.89. The Hall–Kier alpha value is -2.03. The number of hydrogen-bond donors (Lipinski definition) is 0. The van der Waals surface area contributed by atoms with Crippen molar-refractivity contribution in [2.24, 2.45) is 0 Å². The Bertz CT molecular complexity index is 479. The van der Waals surface area contributed by atoms with Gasteiger partial charge in [0.15, 0.2) is 5.76 Å². The van der Waals surface area contributed by atoms with Gasteiger partial charge in [0.05, 0.1) is 6.61 Å². The summed E-state index contributed by atoms with van der Waals surface area (Å²) in [5.74, 6) is -0.392. The Morgan fingerprint density at radius 2 is 1.54 bits per heavy atom. The summed E-state index contributed by atoms with van der Waals surface area (Å²) in [4.78, 5) is 11.8. The quantitative estimate of drug-likeness (QED) is 0.147. The highest BCUT2D eigenvalue weighted by atomic mass is 16.6. The van der Waals surface area contributed by atoms with Crippen LogP contribution >= 0.6 is 0 Å². The number of unbranched alkanes of at least 4 members (excludes halogenated alkanes) is 7. The van der Waals surface area contributed by atoms with E-state index in [2.05, 4.69) is 13.2 Å². The topological polar surface area (TPSA) is 35.5 Å². The fraction of sp³-hybridized carbons (Fsp3) is 0.476. The van der Waals surface area contributed by atoms with E-state index >= 15 is 0 Å². The molecule has 0 aliphatic carbocycles. The lowest BCUT2D eigenvalue weighted by atomic mass is 10.1. The van der Waals surface area contributed by atoms with Crippen LogP contribution in [-0.2, 0) is 20.9 Å². The summed E-state index contributed by atoms with van der Waals surface area (Å²) in [5, 5.41) is 0. The first kappa shape index (κ1) is 20.0. The second-order valence-electron chi connectivity index (χ2n) is 5.89. The average molecular weight is 330 g/mol. The van der Waals surface area contributed by atoms with Crippen molar-refractivity contribution in [3.63, 3.8) is 0 Å². The fourth-order valence-corrected chi connectivity index (χ4v) is 2.33. The SMILES string of the molecule is C=CCCCCCCCCCOC(=C)C(=O)OCc1ccccc1. The molecule has 0 bridgehead atoms. The summed E-state index contributed by atoms with van der Waals surface area (Å²) in [6.07, 6.45) is 11.5. The Morgan fingerprint density at radius 1 is 0.917 bits per heavy atom. The lowest BCUT2D eigenvalue weighted by Gasteiger charge is -2.09. The lowest BCUT2D eigenvalue weighted by molar-refractivity contribution is -0.144. The molecular weight excluding hydrogens is 300 g/mol. The van der Waals surface area contributed by atoms with Gasteiger partial charge in [-0.05, 0) is 31.4 Å². The molecule has 0 unspecified atom stereocenters. The van der Waals surface area contributed by atoms with Crippen molar-refractivity contribution in [2.75, 3.05) is 6.61 Å². The number of allylic oxidation sites excluding steroid dienone is 1. The molecule has 0 N–H and O–H groups in total. The molecule has 0 saturated carbocycles. The maximum absolute atomic E-state index is 11.8. The van der Waals surface area contributed by atoms with Gasteiger partial charge in [-0.25, -0.2) is 4.79 Å². The van der Waals surface area contributed by atoms with Crippen molar-refractivity contribution in [3.05, 3.63) is 60.9 Å². The lowest BCUT2D eigenvalue weighted by Crippen LogP contribution is -2.10. The third kappa shape index (κ3) is 9.88. The molecule has 0 saturated heterocycles.